The lowest BCUT2D eigenvalue weighted by molar-refractivity contribution is 0.438. The van der Waals surface area contributed by atoms with Crippen molar-refractivity contribution >= 4 is 0 Å². The zero-order chi connectivity index (χ0) is 11.5. The summed E-state index contributed by atoms with van der Waals surface area (Å²) in [5.74, 6) is 0. The minimum absolute atomic E-state index is 0.142. The lowest BCUT2D eigenvalue weighted by Crippen LogP contribution is -2.37. The number of hydrogen-bond acceptors (Lipinski definition) is 2. The van der Waals surface area contributed by atoms with Crippen LogP contribution in [-0.2, 0) is 6.54 Å². The van der Waals surface area contributed by atoms with Crippen LogP contribution < -0.4 is 5.32 Å². The summed E-state index contributed by atoms with van der Waals surface area (Å²) in [6, 6.07) is 2.00. The fourth-order valence-electron chi connectivity index (χ4n) is 1.23. The lowest BCUT2D eigenvalue weighted by atomic mass is 10.1. The standard InChI is InChI=1S/C12H21N3/c1-10(8-13-12(3,4)5)9-15-7-6-11(2)14-15/h6-7,13H,1,8-9H2,2-5H3. The Balaban J connectivity index is 2.37. The van der Waals surface area contributed by atoms with Crippen molar-refractivity contribution in [2.24, 2.45) is 0 Å². The lowest BCUT2D eigenvalue weighted by Gasteiger charge is -2.21. The highest BCUT2D eigenvalue weighted by atomic mass is 15.3. The Bertz CT molecular complexity index is 331. The normalized spacial score (nSPS) is 11.7. The first-order chi connectivity index (χ1) is 6.87. The number of rotatable bonds is 4. The van der Waals surface area contributed by atoms with Crippen LogP contribution in [0.2, 0.25) is 0 Å². The topological polar surface area (TPSA) is 29.9 Å². The van der Waals surface area contributed by atoms with Crippen LogP contribution in [0.25, 0.3) is 0 Å². The number of aromatic nitrogens is 2. The second kappa shape index (κ2) is 4.62. The molecule has 0 bridgehead atoms. The van der Waals surface area contributed by atoms with E-state index in [0.717, 1.165) is 24.4 Å². The van der Waals surface area contributed by atoms with Gasteiger partial charge in [0.15, 0.2) is 0 Å². The molecule has 1 heterocycles. The second-order valence-electron chi connectivity index (χ2n) is 5.01. The quantitative estimate of drug-likeness (QED) is 0.767. The van der Waals surface area contributed by atoms with Gasteiger partial charge in [-0.05, 0) is 39.3 Å². The van der Waals surface area contributed by atoms with Crippen molar-refractivity contribution in [3.63, 3.8) is 0 Å². The van der Waals surface area contributed by atoms with Crippen molar-refractivity contribution in [3.05, 3.63) is 30.1 Å². The summed E-state index contributed by atoms with van der Waals surface area (Å²) in [5.41, 5.74) is 2.34. The molecule has 84 valence electrons. The van der Waals surface area contributed by atoms with Gasteiger partial charge < -0.3 is 5.32 Å². The van der Waals surface area contributed by atoms with E-state index < -0.39 is 0 Å². The number of aryl methyl sites for hydroxylation is 1. The van der Waals surface area contributed by atoms with Crippen LogP contribution in [-0.4, -0.2) is 21.9 Å². The molecule has 0 aliphatic carbocycles. The summed E-state index contributed by atoms with van der Waals surface area (Å²) in [7, 11) is 0. The molecule has 0 saturated heterocycles. The summed E-state index contributed by atoms with van der Waals surface area (Å²) in [6.45, 7) is 14.1. The highest BCUT2D eigenvalue weighted by molar-refractivity contribution is 5.01. The molecule has 0 aliphatic rings. The van der Waals surface area contributed by atoms with Gasteiger partial charge in [-0.3, -0.25) is 4.68 Å². The van der Waals surface area contributed by atoms with E-state index in [2.05, 4.69) is 37.8 Å². The highest BCUT2D eigenvalue weighted by Gasteiger charge is 2.08. The van der Waals surface area contributed by atoms with E-state index in [1.807, 2.05) is 23.9 Å². The Labute approximate surface area is 92.2 Å². The first kappa shape index (κ1) is 12.0. The highest BCUT2D eigenvalue weighted by Crippen LogP contribution is 2.02. The molecule has 1 N–H and O–H groups in total. The van der Waals surface area contributed by atoms with Crippen molar-refractivity contribution in [3.8, 4) is 0 Å². The molecular formula is C12H21N3. The first-order valence-electron chi connectivity index (χ1n) is 5.28. The second-order valence-corrected chi connectivity index (χ2v) is 5.01. The van der Waals surface area contributed by atoms with Gasteiger partial charge in [-0.25, -0.2) is 0 Å². The van der Waals surface area contributed by atoms with Crippen LogP contribution in [0.1, 0.15) is 26.5 Å². The maximum Gasteiger partial charge on any atom is 0.0629 e. The maximum atomic E-state index is 4.32. The van der Waals surface area contributed by atoms with Crippen LogP contribution in [0.5, 0.6) is 0 Å². The minimum Gasteiger partial charge on any atom is -0.308 e. The van der Waals surface area contributed by atoms with Crippen molar-refractivity contribution in [1.82, 2.24) is 15.1 Å². The average Bonchev–Trinajstić information content (AvgIpc) is 2.47. The molecule has 1 aromatic rings. The summed E-state index contributed by atoms with van der Waals surface area (Å²) < 4.78 is 1.92. The summed E-state index contributed by atoms with van der Waals surface area (Å²) >= 11 is 0. The van der Waals surface area contributed by atoms with Gasteiger partial charge in [0.05, 0.1) is 12.2 Å². The molecule has 0 fully saturated rings. The Morgan fingerprint density at radius 2 is 2.20 bits per heavy atom. The summed E-state index contributed by atoms with van der Waals surface area (Å²) in [4.78, 5) is 0. The Kier molecular flexibility index (Phi) is 3.69. The van der Waals surface area contributed by atoms with E-state index in [-0.39, 0.29) is 5.54 Å². The van der Waals surface area contributed by atoms with Gasteiger partial charge in [-0.15, -0.1) is 0 Å². The molecule has 0 saturated carbocycles. The van der Waals surface area contributed by atoms with Crippen molar-refractivity contribution in [2.45, 2.75) is 39.8 Å². The molecule has 1 aromatic heterocycles. The summed E-state index contributed by atoms with van der Waals surface area (Å²) in [6.07, 6.45) is 1.98. The number of nitrogens with zero attached hydrogens (tertiary/aromatic N) is 2. The van der Waals surface area contributed by atoms with Crippen molar-refractivity contribution < 1.29 is 0 Å². The third-order valence-electron chi connectivity index (χ3n) is 2.03. The third-order valence-corrected chi connectivity index (χ3v) is 2.03. The molecule has 0 amide bonds. The first-order valence-corrected chi connectivity index (χ1v) is 5.28. The average molecular weight is 207 g/mol. The van der Waals surface area contributed by atoms with Crippen LogP contribution in [0.4, 0.5) is 0 Å². The molecule has 0 spiro atoms. The van der Waals surface area contributed by atoms with Crippen LogP contribution in [0, 0.1) is 6.92 Å². The van der Waals surface area contributed by atoms with Crippen molar-refractivity contribution in [1.29, 1.82) is 0 Å². The van der Waals surface area contributed by atoms with Gasteiger partial charge in [0, 0.05) is 18.3 Å². The fourth-order valence-corrected chi connectivity index (χ4v) is 1.23. The molecule has 0 atom stereocenters. The zero-order valence-electron chi connectivity index (χ0n) is 10.2. The molecule has 0 aromatic carbocycles. The molecule has 1 rings (SSSR count). The molecule has 0 radical (unpaired) electrons. The Hall–Kier alpha value is -1.09. The van der Waals surface area contributed by atoms with E-state index in [1.165, 1.54) is 0 Å². The van der Waals surface area contributed by atoms with Crippen LogP contribution in [0.15, 0.2) is 24.4 Å². The maximum absolute atomic E-state index is 4.32. The third kappa shape index (κ3) is 4.79. The zero-order valence-corrected chi connectivity index (χ0v) is 10.2. The summed E-state index contributed by atoms with van der Waals surface area (Å²) in [5, 5.41) is 7.73. The van der Waals surface area contributed by atoms with Crippen LogP contribution in [0.3, 0.4) is 0 Å². The molecule has 0 unspecified atom stereocenters. The predicted octanol–water partition coefficient (Wildman–Crippen LogP) is 2.14. The molecular weight excluding hydrogens is 186 g/mol. The van der Waals surface area contributed by atoms with E-state index >= 15 is 0 Å². The molecule has 3 nitrogen and oxygen atoms in total. The number of hydrogen-bond donors (Lipinski definition) is 1. The minimum atomic E-state index is 0.142. The van der Waals surface area contributed by atoms with Gasteiger partial charge in [0.1, 0.15) is 0 Å². The van der Waals surface area contributed by atoms with E-state index in [1.54, 1.807) is 0 Å². The van der Waals surface area contributed by atoms with Gasteiger partial charge in [-0.2, -0.15) is 5.10 Å². The smallest absolute Gasteiger partial charge is 0.0629 e. The fraction of sp³-hybridized carbons (Fsp3) is 0.583. The van der Waals surface area contributed by atoms with E-state index in [9.17, 15) is 0 Å². The SMILES string of the molecule is C=C(CNC(C)(C)C)Cn1ccc(C)n1. The van der Waals surface area contributed by atoms with Gasteiger partial charge >= 0.3 is 0 Å². The van der Waals surface area contributed by atoms with Crippen molar-refractivity contribution in [2.75, 3.05) is 6.54 Å². The van der Waals surface area contributed by atoms with E-state index in [0.29, 0.717) is 0 Å². The molecule has 15 heavy (non-hydrogen) atoms. The monoisotopic (exact) mass is 207 g/mol. The predicted molar refractivity (Wildman–Crippen MR) is 63.9 cm³/mol. The van der Waals surface area contributed by atoms with Gasteiger partial charge in [-0.1, -0.05) is 6.58 Å². The van der Waals surface area contributed by atoms with E-state index in [4.69, 9.17) is 0 Å². The molecule has 0 aliphatic heterocycles. The largest absolute Gasteiger partial charge is 0.308 e. The van der Waals surface area contributed by atoms with Crippen LogP contribution >= 0.6 is 0 Å². The van der Waals surface area contributed by atoms with Gasteiger partial charge in [0.2, 0.25) is 0 Å². The Morgan fingerprint density at radius 1 is 1.53 bits per heavy atom. The Morgan fingerprint density at radius 3 is 2.67 bits per heavy atom. The van der Waals surface area contributed by atoms with Gasteiger partial charge in [0.25, 0.3) is 0 Å². The number of nitrogens with one attached hydrogen (secondary N) is 1. The molecule has 3 heteroatoms.